The summed E-state index contributed by atoms with van der Waals surface area (Å²) in [5.74, 6) is 2.23. The summed E-state index contributed by atoms with van der Waals surface area (Å²) in [7, 11) is 0. The summed E-state index contributed by atoms with van der Waals surface area (Å²) in [6.07, 6.45) is 4.29. The van der Waals surface area contributed by atoms with Crippen molar-refractivity contribution >= 4 is 34.7 Å². The SMILES string of the molecule is C#Cc1cccc(N2C(=O)c3ccccc3C2(O)c2ccc3[nH]c(NC(=O)O)nc3c2)c1. The van der Waals surface area contributed by atoms with E-state index >= 15 is 0 Å². The Bertz CT molecular complexity index is 1450. The highest BCUT2D eigenvalue weighted by atomic mass is 16.4. The van der Waals surface area contributed by atoms with Crippen LogP contribution in [-0.2, 0) is 5.72 Å². The number of aliphatic hydroxyl groups is 1. The number of fused-ring (bicyclic) bond motifs is 2. The van der Waals surface area contributed by atoms with E-state index in [1.807, 2.05) is 0 Å². The number of hydrogen-bond acceptors (Lipinski definition) is 4. The van der Waals surface area contributed by atoms with E-state index in [0.29, 0.717) is 39.0 Å². The van der Waals surface area contributed by atoms with Gasteiger partial charge in [-0.25, -0.2) is 9.78 Å². The number of carbonyl (C=O) groups excluding carboxylic acids is 1. The van der Waals surface area contributed by atoms with Crippen LogP contribution >= 0.6 is 0 Å². The third-order valence-electron chi connectivity index (χ3n) is 5.44. The topological polar surface area (TPSA) is 119 Å². The van der Waals surface area contributed by atoms with Crippen LogP contribution < -0.4 is 10.2 Å². The van der Waals surface area contributed by atoms with Gasteiger partial charge in [-0.15, -0.1) is 6.42 Å². The maximum absolute atomic E-state index is 13.4. The number of anilines is 2. The van der Waals surface area contributed by atoms with Crippen molar-refractivity contribution in [1.82, 2.24) is 9.97 Å². The second kappa shape index (κ2) is 6.97. The number of nitrogens with one attached hydrogen (secondary N) is 2. The first-order valence-corrected chi connectivity index (χ1v) is 9.65. The maximum Gasteiger partial charge on any atom is 0.411 e. The molecule has 1 atom stereocenters. The molecule has 32 heavy (non-hydrogen) atoms. The lowest BCUT2D eigenvalue weighted by Gasteiger charge is -2.35. The highest BCUT2D eigenvalue weighted by molar-refractivity contribution is 6.12. The fourth-order valence-corrected chi connectivity index (χ4v) is 4.07. The highest BCUT2D eigenvalue weighted by Crippen LogP contribution is 2.45. The van der Waals surface area contributed by atoms with Gasteiger partial charge in [-0.05, 0) is 36.4 Å². The van der Waals surface area contributed by atoms with E-state index in [9.17, 15) is 14.7 Å². The summed E-state index contributed by atoms with van der Waals surface area (Å²) >= 11 is 0. The van der Waals surface area contributed by atoms with Crippen LogP contribution in [0.4, 0.5) is 16.4 Å². The molecule has 3 aromatic carbocycles. The monoisotopic (exact) mass is 424 g/mol. The van der Waals surface area contributed by atoms with Crippen LogP contribution in [0.3, 0.4) is 0 Å². The zero-order valence-electron chi connectivity index (χ0n) is 16.5. The number of aromatic nitrogens is 2. The largest absolute Gasteiger partial charge is 0.465 e. The quantitative estimate of drug-likeness (QED) is 0.376. The molecule has 0 fully saturated rings. The van der Waals surface area contributed by atoms with Crippen LogP contribution in [0, 0.1) is 12.3 Å². The van der Waals surface area contributed by atoms with Gasteiger partial charge in [-0.1, -0.05) is 36.3 Å². The molecular weight excluding hydrogens is 408 g/mol. The smallest absolute Gasteiger partial charge is 0.411 e. The van der Waals surface area contributed by atoms with Gasteiger partial charge in [0.2, 0.25) is 5.95 Å². The van der Waals surface area contributed by atoms with Gasteiger partial charge in [0.25, 0.3) is 5.91 Å². The molecule has 0 aliphatic carbocycles. The van der Waals surface area contributed by atoms with E-state index in [1.165, 1.54) is 4.90 Å². The number of hydrogen-bond donors (Lipinski definition) is 4. The number of terminal acetylenes is 1. The van der Waals surface area contributed by atoms with Crippen molar-refractivity contribution in [1.29, 1.82) is 0 Å². The van der Waals surface area contributed by atoms with Gasteiger partial charge in [-0.2, -0.15) is 0 Å². The minimum absolute atomic E-state index is 0.0538. The van der Waals surface area contributed by atoms with Crippen LogP contribution in [0.15, 0.2) is 66.7 Å². The first-order valence-electron chi connectivity index (χ1n) is 9.65. The van der Waals surface area contributed by atoms with E-state index in [4.69, 9.17) is 11.5 Å². The summed E-state index contributed by atoms with van der Waals surface area (Å²) in [6.45, 7) is 0. The number of amides is 2. The fraction of sp³-hybridized carbons (Fsp3) is 0.0417. The summed E-state index contributed by atoms with van der Waals surface area (Å²) in [4.78, 5) is 32.7. The van der Waals surface area contributed by atoms with Gasteiger partial charge in [0, 0.05) is 27.9 Å². The molecule has 5 rings (SSSR count). The molecule has 2 heterocycles. The maximum atomic E-state index is 13.4. The van der Waals surface area contributed by atoms with Gasteiger partial charge in [0.05, 0.1) is 11.0 Å². The Labute approximate surface area is 182 Å². The Balaban J connectivity index is 1.72. The molecule has 8 heteroatoms. The van der Waals surface area contributed by atoms with E-state index < -0.39 is 11.8 Å². The van der Waals surface area contributed by atoms with Crippen molar-refractivity contribution in [2.75, 3.05) is 10.2 Å². The first-order chi connectivity index (χ1) is 15.4. The summed E-state index contributed by atoms with van der Waals surface area (Å²) < 4.78 is 0. The minimum atomic E-state index is -1.82. The molecule has 1 aromatic heterocycles. The van der Waals surface area contributed by atoms with E-state index in [1.54, 1.807) is 66.7 Å². The minimum Gasteiger partial charge on any atom is -0.465 e. The number of carbonyl (C=O) groups is 2. The Morgan fingerprint density at radius 3 is 2.72 bits per heavy atom. The molecule has 0 bridgehead atoms. The van der Waals surface area contributed by atoms with Crippen LogP contribution in [0.5, 0.6) is 0 Å². The molecule has 156 valence electrons. The van der Waals surface area contributed by atoms with Crippen molar-refractivity contribution < 1.29 is 19.8 Å². The zero-order valence-corrected chi connectivity index (χ0v) is 16.5. The molecule has 0 radical (unpaired) electrons. The Morgan fingerprint density at radius 1 is 1.12 bits per heavy atom. The lowest BCUT2D eigenvalue weighted by molar-refractivity contribution is 0.0704. The molecule has 0 saturated carbocycles. The Morgan fingerprint density at radius 2 is 1.94 bits per heavy atom. The van der Waals surface area contributed by atoms with Crippen molar-refractivity contribution in [3.8, 4) is 12.3 Å². The molecule has 4 aromatic rings. The normalized spacial score (nSPS) is 17.2. The average Bonchev–Trinajstić information content (AvgIpc) is 3.29. The van der Waals surface area contributed by atoms with Crippen molar-refractivity contribution in [2.24, 2.45) is 0 Å². The molecule has 2 amide bonds. The number of benzene rings is 3. The molecule has 4 N–H and O–H groups in total. The van der Waals surface area contributed by atoms with Gasteiger partial charge < -0.3 is 15.2 Å². The third-order valence-corrected chi connectivity index (χ3v) is 5.44. The van der Waals surface area contributed by atoms with Crippen molar-refractivity contribution in [3.63, 3.8) is 0 Å². The Kier molecular flexibility index (Phi) is 4.22. The van der Waals surface area contributed by atoms with Gasteiger partial charge in [0.1, 0.15) is 0 Å². The van der Waals surface area contributed by atoms with E-state index in [2.05, 4.69) is 21.2 Å². The van der Waals surface area contributed by atoms with Crippen molar-refractivity contribution in [2.45, 2.75) is 5.72 Å². The fourth-order valence-electron chi connectivity index (χ4n) is 4.07. The van der Waals surface area contributed by atoms with Crippen LogP contribution in [0.25, 0.3) is 11.0 Å². The average molecular weight is 424 g/mol. The molecule has 1 aliphatic heterocycles. The summed E-state index contributed by atoms with van der Waals surface area (Å²) in [6, 6.07) is 18.6. The number of nitrogens with zero attached hydrogens (tertiary/aromatic N) is 2. The molecule has 1 unspecified atom stereocenters. The lowest BCUT2D eigenvalue weighted by Crippen LogP contribution is -2.45. The van der Waals surface area contributed by atoms with Crippen molar-refractivity contribution in [3.05, 3.63) is 89.0 Å². The molecule has 0 saturated heterocycles. The number of aromatic amines is 1. The number of carboxylic acid groups (broad SMARTS) is 1. The summed E-state index contributed by atoms with van der Waals surface area (Å²) in [5, 5.41) is 23.2. The second-order valence-electron chi connectivity index (χ2n) is 7.30. The van der Waals surface area contributed by atoms with E-state index in [0.717, 1.165) is 0 Å². The molecule has 8 nitrogen and oxygen atoms in total. The molecular formula is C24H16N4O4. The highest BCUT2D eigenvalue weighted by Gasteiger charge is 2.50. The molecule has 1 aliphatic rings. The second-order valence-corrected chi connectivity index (χ2v) is 7.30. The van der Waals surface area contributed by atoms with Gasteiger partial charge in [-0.3, -0.25) is 15.0 Å². The lowest BCUT2D eigenvalue weighted by atomic mass is 9.93. The van der Waals surface area contributed by atoms with Gasteiger partial charge >= 0.3 is 6.09 Å². The predicted octanol–water partition coefficient (Wildman–Crippen LogP) is 3.49. The Hall–Kier alpha value is -4.61. The number of rotatable bonds is 3. The number of H-pyrrole nitrogens is 1. The van der Waals surface area contributed by atoms with E-state index in [-0.39, 0.29) is 11.9 Å². The zero-order chi connectivity index (χ0) is 22.5. The van der Waals surface area contributed by atoms with Gasteiger partial charge in [0.15, 0.2) is 5.72 Å². The number of imidazole rings is 1. The summed E-state index contributed by atoms with van der Waals surface area (Å²) in [5.41, 5.74) is 1.37. The standard InChI is InChI=1S/C24H16N4O4/c1-2-14-6-5-7-16(12-14)28-21(29)17-8-3-4-9-18(17)24(28,32)15-10-11-19-20(13-15)26-22(25-19)27-23(30)31/h1,3-13,32H,(H,30,31)(H2,25,26,27). The first kappa shape index (κ1) is 19.4. The predicted molar refractivity (Wildman–Crippen MR) is 118 cm³/mol. The van der Waals surface area contributed by atoms with Crippen LogP contribution in [-0.4, -0.2) is 32.2 Å². The third kappa shape index (κ3) is 2.80. The van der Waals surface area contributed by atoms with Crippen LogP contribution in [0.2, 0.25) is 0 Å². The van der Waals surface area contributed by atoms with Crippen LogP contribution in [0.1, 0.15) is 27.0 Å². The molecule has 0 spiro atoms.